The molecule has 1 heterocycles. The van der Waals surface area contributed by atoms with Crippen LogP contribution in [0.2, 0.25) is 0 Å². The molecule has 7 N–H and O–H groups in total. The molecule has 20 heavy (non-hydrogen) atoms. The van der Waals surface area contributed by atoms with Crippen LogP contribution in [0.3, 0.4) is 0 Å². The number of hydrogen-bond acceptors (Lipinski definition) is 6. The first-order valence-electron chi connectivity index (χ1n) is 5.26. The van der Waals surface area contributed by atoms with E-state index in [-0.39, 0.29) is 0 Å². The standard InChI is InChI=1S/C10H13N5.H2O4S/c1-15-5-4-10(14-15)13-9-3-2-7(11)6-8(9)12;1-5(2,3)4/h2-6H,11-12H2,1H3,(H,13,14);(H2,1,2,3,4). The maximum Gasteiger partial charge on any atom is 0.394 e. The molecular weight excluding hydrogens is 286 g/mol. The van der Waals surface area contributed by atoms with Gasteiger partial charge in [-0.3, -0.25) is 13.8 Å². The second kappa shape index (κ2) is 6.23. The largest absolute Gasteiger partial charge is 0.399 e. The van der Waals surface area contributed by atoms with E-state index in [1.54, 1.807) is 16.8 Å². The monoisotopic (exact) mass is 301 g/mol. The van der Waals surface area contributed by atoms with E-state index >= 15 is 0 Å². The van der Waals surface area contributed by atoms with Gasteiger partial charge in [0.25, 0.3) is 0 Å². The molecule has 10 heteroatoms. The van der Waals surface area contributed by atoms with E-state index in [9.17, 15) is 0 Å². The van der Waals surface area contributed by atoms with Crippen molar-refractivity contribution in [3.63, 3.8) is 0 Å². The van der Waals surface area contributed by atoms with E-state index in [0.29, 0.717) is 11.4 Å². The second-order valence-corrected chi connectivity index (χ2v) is 4.69. The Kier molecular flexibility index (Phi) is 4.91. The summed E-state index contributed by atoms with van der Waals surface area (Å²) < 4.78 is 33.3. The molecule has 0 atom stereocenters. The van der Waals surface area contributed by atoms with Crippen LogP contribution in [-0.4, -0.2) is 27.3 Å². The number of nitrogen functional groups attached to an aromatic ring is 2. The lowest BCUT2D eigenvalue weighted by atomic mass is 10.2. The summed E-state index contributed by atoms with van der Waals surface area (Å²) in [6, 6.07) is 7.21. The van der Waals surface area contributed by atoms with Crippen molar-refractivity contribution < 1.29 is 17.5 Å². The predicted octanol–water partition coefficient (Wildman–Crippen LogP) is 0.675. The van der Waals surface area contributed by atoms with Crippen molar-refractivity contribution in [2.45, 2.75) is 0 Å². The van der Waals surface area contributed by atoms with Gasteiger partial charge in [0, 0.05) is 25.0 Å². The quantitative estimate of drug-likeness (QED) is 0.400. The topological polar surface area (TPSA) is 156 Å². The minimum absolute atomic E-state index is 0.612. The molecule has 0 aliphatic carbocycles. The smallest absolute Gasteiger partial charge is 0.394 e. The number of nitrogens with two attached hydrogens (primary N) is 2. The number of aromatic nitrogens is 2. The third-order valence-electron chi connectivity index (χ3n) is 2.05. The summed E-state index contributed by atoms with van der Waals surface area (Å²) in [6.07, 6.45) is 1.86. The van der Waals surface area contributed by atoms with Crippen LogP contribution < -0.4 is 16.8 Å². The maximum atomic E-state index is 8.74. The first-order valence-corrected chi connectivity index (χ1v) is 6.66. The van der Waals surface area contributed by atoms with Gasteiger partial charge in [0.2, 0.25) is 0 Å². The fourth-order valence-electron chi connectivity index (χ4n) is 1.31. The third-order valence-corrected chi connectivity index (χ3v) is 2.05. The summed E-state index contributed by atoms with van der Waals surface area (Å²) in [7, 11) is -2.81. The fraction of sp³-hybridized carbons (Fsp3) is 0.100. The van der Waals surface area contributed by atoms with Gasteiger partial charge in [-0.25, -0.2) is 0 Å². The van der Waals surface area contributed by atoms with E-state index in [2.05, 4.69) is 10.4 Å². The van der Waals surface area contributed by atoms with Gasteiger partial charge in [0.05, 0.1) is 11.4 Å². The summed E-state index contributed by atoms with van der Waals surface area (Å²) in [5.41, 5.74) is 13.5. The highest BCUT2D eigenvalue weighted by Crippen LogP contribution is 2.23. The molecule has 0 fully saturated rings. The third kappa shape index (κ3) is 6.04. The minimum Gasteiger partial charge on any atom is -0.399 e. The fourth-order valence-corrected chi connectivity index (χ4v) is 1.31. The molecule has 0 aliphatic rings. The van der Waals surface area contributed by atoms with E-state index in [1.165, 1.54) is 0 Å². The van der Waals surface area contributed by atoms with Crippen molar-refractivity contribution in [2.24, 2.45) is 7.05 Å². The Morgan fingerprint density at radius 3 is 2.30 bits per heavy atom. The van der Waals surface area contributed by atoms with Crippen molar-refractivity contribution in [3.8, 4) is 0 Å². The van der Waals surface area contributed by atoms with Gasteiger partial charge >= 0.3 is 10.4 Å². The summed E-state index contributed by atoms with van der Waals surface area (Å²) in [4.78, 5) is 0. The highest BCUT2D eigenvalue weighted by molar-refractivity contribution is 7.79. The van der Waals surface area contributed by atoms with Crippen LogP contribution in [0.4, 0.5) is 22.9 Å². The summed E-state index contributed by atoms with van der Waals surface area (Å²) in [5.74, 6) is 0.758. The molecule has 0 unspecified atom stereocenters. The Hall–Kier alpha value is -2.30. The number of nitrogens with one attached hydrogen (secondary N) is 1. The molecule has 0 radical (unpaired) electrons. The van der Waals surface area contributed by atoms with Crippen molar-refractivity contribution in [3.05, 3.63) is 30.5 Å². The van der Waals surface area contributed by atoms with Crippen LogP contribution in [0, 0.1) is 0 Å². The average molecular weight is 301 g/mol. The minimum atomic E-state index is -4.67. The highest BCUT2D eigenvalue weighted by Gasteiger charge is 2.01. The van der Waals surface area contributed by atoms with Gasteiger partial charge in [-0.2, -0.15) is 13.5 Å². The molecule has 0 saturated heterocycles. The molecule has 2 aromatic rings. The van der Waals surface area contributed by atoms with Gasteiger partial charge in [-0.05, 0) is 18.2 Å². The lowest BCUT2D eigenvalue weighted by Crippen LogP contribution is -1.98. The molecule has 9 nitrogen and oxygen atoms in total. The van der Waals surface area contributed by atoms with Crippen LogP contribution >= 0.6 is 0 Å². The zero-order chi connectivity index (χ0) is 15.3. The summed E-state index contributed by atoms with van der Waals surface area (Å²) in [5, 5.41) is 7.30. The van der Waals surface area contributed by atoms with Crippen LogP contribution in [0.5, 0.6) is 0 Å². The second-order valence-electron chi connectivity index (χ2n) is 3.79. The Labute approximate surface area is 115 Å². The van der Waals surface area contributed by atoms with Crippen molar-refractivity contribution in [2.75, 3.05) is 16.8 Å². The predicted molar refractivity (Wildman–Crippen MR) is 75.9 cm³/mol. The Balaban J connectivity index is 0.000000347. The number of benzene rings is 1. The molecule has 0 amide bonds. The Morgan fingerprint density at radius 1 is 1.25 bits per heavy atom. The van der Waals surface area contributed by atoms with Crippen molar-refractivity contribution in [1.82, 2.24) is 9.78 Å². The lowest BCUT2D eigenvalue weighted by molar-refractivity contribution is 0.381. The van der Waals surface area contributed by atoms with Gasteiger partial charge < -0.3 is 16.8 Å². The summed E-state index contributed by atoms with van der Waals surface area (Å²) in [6.45, 7) is 0. The number of hydrogen-bond donors (Lipinski definition) is 5. The van der Waals surface area contributed by atoms with E-state index in [0.717, 1.165) is 11.5 Å². The van der Waals surface area contributed by atoms with Gasteiger partial charge in [-0.15, -0.1) is 0 Å². The van der Waals surface area contributed by atoms with Gasteiger partial charge in [-0.1, -0.05) is 0 Å². The average Bonchev–Trinajstić information content (AvgIpc) is 2.66. The zero-order valence-electron chi connectivity index (χ0n) is 10.6. The van der Waals surface area contributed by atoms with Crippen molar-refractivity contribution >= 4 is 33.3 Å². The van der Waals surface area contributed by atoms with Crippen molar-refractivity contribution in [1.29, 1.82) is 0 Å². The van der Waals surface area contributed by atoms with Gasteiger partial charge in [0.15, 0.2) is 5.82 Å². The molecule has 0 aliphatic heterocycles. The molecule has 0 saturated carbocycles. The van der Waals surface area contributed by atoms with E-state index in [1.807, 2.05) is 25.4 Å². The zero-order valence-corrected chi connectivity index (χ0v) is 11.4. The van der Waals surface area contributed by atoms with Gasteiger partial charge in [0.1, 0.15) is 0 Å². The molecule has 1 aromatic carbocycles. The SMILES string of the molecule is Cn1ccc(Nc2ccc(N)cc2N)n1.O=S(=O)(O)O. The van der Waals surface area contributed by atoms with Crippen LogP contribution in [0.1, 0.15) is 0 Å². The lowest BCUT2D eigenvalue weighted by Gasteiger charge is -2.06. The first-order chi connectivity index (χ1) is 9.15. The van der Waals surface area contributed by atoms with Crippen LogP contribution in [0.25, 0.3) is 0 Å². The number of aryl methyl sites for hydroxylation is 1. The number of anilines is 4. The van der Waals surface area contributed by atoms with Crippen LogP contribution in [-0.2, 0) is 17.4 Å². The molecule has 110 valence electrons. The van der Waals surface area contributed by atoms with E-state index < -0.39 is 10.4 Å². The highest BCUT2D eigenvalue weighted by atomic mass is 32.3. The Bertz CT molecular complexity index is 675. The first kappa shape index (κ1) is 15.8. The number of rotatable bonds is 2. The van der Waals surface area contributed by atoms with E-state index in [4.69, 9.17) is 29.0 Å². The molecule has 0 spiro atoms. The maximum absolute atomic E-state index is 8.74. The summed E-state index contributed by atoms with van der Waals surface area (Å²) >= 11 is 0. The molecule has 0 bridgehead atoms. The molecular formula is C10H15N5O4S. The normalized spacial score (nSPS) is 10.6. The number of nitrogens with zero attached hydrogens (tertiary/aromatic N) is 2. The van der Waals surface area contributed by atoms with Crippen LogP contribution in [0.15, 0.2) is 30.5 Å². The Morgan fingerprint density at radius 2 is 1.85 bits per heavy atom. The molecule has 2 rings (SSSR count). The molecule has 1 aromatic heterocycles.